The summed E-state index contributed by atoms with van der Waals surface area (Å²) < 4.78 is 5.20. The van der Waals surface area contributed by atoms with E-state index in [1.807, 2.05) is 6.07 Å². The largest absolute Gasteiger partial charge is 0.467 e. The Morgan fingerprint density at radius 1 is 1.24 bits per heavy atom. The minimum Gasteiger partial charge on any atom is -0.467 e. The molecular weight excluding hydrogens is 338 g/mol. The molecule has 1 aliphatic heterocycles. The van der Waals surface area contributed by atoms with Gasteiger partial charge in [-0.2, -0.15) is 0 Å². The van der Waals surface area contributed by atoms with Gasteiger partial charge in [-0.25, -0.2) is 0 Å². The molecule has 3 heterocycles. The topological polar surface area (TPSA) is 73.1 Å². The summed E-state index contributed by atoms with van der Waals surface area (Å²) >= 11 is 1.76. The molecule has 2 aromatic heterocycles. The molecule has 7 nitrogen and oxygen atoms in total. The lowest BCUT2D eigenvalue weighted by molar-refractivity contribution is -0.120. The van der Waals surface area contributed by atoms with E-state index in [1.54, 1.807) is 30.7 Å². The first-order valence-corrected chi connectivity index (χ1v) is 9.17. The highest BCUT2D eigenvalue weighted by Gasteiger charge is 2.20. The van der Waals surface area contributed by atoms with Gasteiger partial charge in [0.15, 0.2) is 5.96 Å². The second-order valence-corrected chi connectivity index (χ2v) is 6.61. The van der Waals surface area contributed by atoms with E-state index in [2.05, 4.69) is 42.9 Å². The Hall–Kier alpha value is -2.48. The number of anilines is 1. The minimum atomic E-state index is -0.0882. The molecule has 0 aromatic carbocycles. The van der Waals surface area contributed by atoms with Gasteiger partial charge in [0.25, 0.3) is 0 Å². The first-order valence-electron chi connectivity index (χ1n) is 8.29. The fourth-order valence-corrected chi connectivity index (χ4v) is 3.53. The Labute approximate surface area is 151 Å². The maximum absolute atomic E-state index is 12.0. The van der Waals surface area contributed by atoms with Crippen LogP contribution in [0.1, 0.15) is 5.76 Å². The molecule has 1 saturated heterocycles. The lowest BCUT2D eigenvalue weighted by Gasteiger charge is -2.36. The molecule has 0 radical (unpaired) electrons. The van der Waals surface area contributed by atoms with Crippen LogP contribution in [0.15, 0.2) is 45.3 Å². The van der Waals surface area contributed by atoms with Crippen molar-refractivity contribution in [2.45, 2.75) is 6.54 Å². The van der Waals surface area contributed by atoms with Gasteiger partial charge in [-0.1, -0.05) is 0 Å². The fraction of sp³-hybridized carbons (Fsp3) is 0.412. The van der Waals surface area contributed by atoms with Crippen molar-refractivity contribution in [3.05, 3.63) is 41.7 Å². The van der Waals surface area contributed by atoms with Gasteiger partial charge in [0, 0.05) is 33.2 Å². The van der Waals surface area contributed by atoms with Gasteiger partial charge in [-0.05, 0) is 29.6 Å². The van der Waals surface area contributed by atoms with Crippen molar-refractivity contribution in [1.29, 1.82) is 0 Å². The number of hydrogen-bond donors (Lipinski definition) is 2. The quantitative estimate of drug-likeness (QED) is 0.621. The molecule has 0 unspecified atom stereocenters. The van der Waals surface area contributed by atoms with Gasteiger partial charge in [-0.15, -0.1) is 11.3 Å². The molecule has 25 heavy (non-hydrogen) atoms. The van der Waals surface area contributed by atoms with Gasteiger partial charge in [0.2, 0.25) is 5.91 Å². The lowest BCUT2D eigenvalue weighted by atomic mass is 10.3. The summed E-state index contributed by atoms with van der Waals surface area (Å²) in [5.41, 5.74) is 0. The molecule has 134 valence electrons. The third kappa shape index (κ3) is 4.76. The number of hydrogen-bond acceptors (Lipinski definition) is 5. The van der Waals surface area contributed by atoms with Crippen LogP contribution in [0.2, 0.25) is 0 Å². The van der Waals surface area contributed by atoms with Crippen molar-refractivity contribution in [2.24, 2.45) is 4.99 Å². The van der Waals surface area contributed by atoms with Gasteiger partial charge in [-0.3, -0.25) is 9.79 Å². The average Bonchev–Trinajstić information content (AvgIpc) is 3.35. The van der Waals surface area contributed by atoms with Crippen LogP contribution in [0, 0.1) is 0 Å². The maximum atomic E-state index is 12.0. The number of thiophene rings is 1. The molecule has 0 bridgehead atoms. The van der Waals surface area contributed by atoms with Crippen LogP contribution in [0.5, 0.6) is 0 Å². The van der Waals surface area contributed by atoms with E-state index in [0.29, 0.717) is 6.54 Å². The third-order valence-corrected chi connectivity index (χ3v) is 4.98. The third-order valence-electron chi connectivity index (χ3n) is 4.06. The number of furan rings is 1. The molecular formula is C17H23N5O2S. The van der Waals surface area contributed by atoms with E-state index in [9.17, 15) is 4.79 Å². The van der Waals surface area contributed by atoms with E-state index >= 15 is 0 Å². The molecule has 1 fully saturated rings. The number of rotatable bonds is 5. The molecule has 8 heteroatoms. The van der Waals surface area contributed by atoms with E-state index in [-0.39, 0.29) is 12.5 Å². The SMILES string of the molecule is CN=C(NCC(=O)NCc1ccco1)N1CCN(c2cccs2)CC1. The summed E-state index contributed by atoms with van der Waals surface area (Å²) in [5, 5.41) is 9.36. The van der Waals surface area contributed by atoms with Crippen LogP contribution < -0.4 is 15.5 Å². The lowest BCUT2D eigenvalue weighted by Crippen LogP contribution is -2.53. The number of carbonyl (C=O) groups excluding carboxylic acids is 1. The number of aliphatic imine (C=N–C) groups is 1. The summed E-state index contributed by atoms with van der Waals surface area (Å²) in [6, 6.07) is 7.86. The van der Waals surface area contributed by atoms with Crippen LogP contribution in [-0.4, -0.2) is 56.5 Å². The molecule has 0 spiro atoms. The molecule has 2 N–H and O–H groups in total. The van der Waals surface area contributed by atoms with Crippen molar-refractivity contribution in [1.82, 2.24) is 15.5 Å². The molecule has 3 rings (SSSR count). The highest BCUT2D eigenvalue weighted by molar-refractivity contribution is 7.14. The maximum Gasteiger partial charge on any atom is 0.239 e. The Balaban J connectivity index is 1.41. The monoisotopic (exact) mass is 361 g/mol. The van der Waals surface area contributed by atoms with Crippen LogP contribution >= 0.6 is 11.3 Å². The Kier molecular flexibility index (Phi) is 5.95. The summed E-state index contributed by atoms with van der Waals surface area (Å²) in [6.45, 7) is 4.25. The van der Waals surface area contributed by atoms with Crippen molar-refractivity contribution in [3.63, 3.8) is 0 Å². The molecule has 1 aliphatic rings. The number of carbonyl (C=O) groups is 1. The van der Waals surface area contributed by atoms with Crippen molar-refractivity contribution in [3.8, 4) is 0 Å². The van der Waals surface area contributed by atoms with Gasteiger partial charge in [0.05, 0.1) is 24.4 Å². The van der Waals surface area contributed by atoms with Crippen molar-refractivity contribution in [2.75, 3.05) is 44.7 Å². The van der Waals surface area contributed by atoms with Gasteiger partial charge in [0.1, 0.15) is 5.76 Å². The Morgan fingerprint density at radius 2 is 2.08 bits per heavy atom. The fourth-order valence-electron chi connectivity index (χ4n) is 2.74. The first-order chi connectivity index (χ1) is 12.3. The highest BCUT2D eigenvalue weighted by Crippen LogP contribution is 2.22. The van der Waals surface area contributed by atoms with Crippen LogP contribution in [-0.2, 0) is 11.3 Å². The van der Waals surface area contributed by atoms with E-state index < -0.39 is 0 Å². The van der Waals surface area contributed by atoms with Crippen LogP contribution in [0.3, 0.4) is 0 Å². The smallest absolute Gasteiger partial charge is 0.239 e. The van der Waals surface area contributed by atoms with E-state index in [1.165, 1.54) is 5.00 Å². The predicted octanol–water partition coefficient (Wildman–Crippen LogP) is 1.35. The number of nitrogens with one attached hydrogen (secondary N) is 2. The standard InChI is InChI=1S/C17H23N5O2S/c1-18-17(20-13-15(23)19-12-14-4-2-10-24-14)22-8-6-21(7-9-22)16-5-3-11-25-16/h2-5,10-11H,6-9,12-13H2,1H3,(H,18,20)(H,19,23). The number of nitrogens with zero attached hydrogens (tertiary/aromatic N) is 3. The minimum absolute atomic E-state index is 0.0882. The van der Waals surface area contributed by atoms with Crippen LogP contribution in [0.4, 0.5) is 5.00 Å². The zero-order valence-corrected chi connectivity index (χ0v) is 15.1. The van der Waals surface area contributed by atoms with Crippen molar-refractivity contribution >= 4 is 28.2 Å². The van der Waals surface area contributed by atoms with Gasteiger partial charge >= 0.3 is 0 Å². The number of piperazine rings is 1. The summed E-state index contributed by atoms with van der Waals surface area (Å²) in [5.74, 6) is 1.41. The predicted molar refractivity (Wildman–Crippen MR) is 100 cm³/mol. The van der Waals surface area contributed by atoms with Crippen LogP contribution in [0.25, 0.3) is 0 Å². The number of amides is 1. The molecule has 1 amide bonds. The van der Waals surface area contributed by atoms with Crippen molar-refractivity contribution < 1.29 is 9.21 Å². The summed E-state index contributed by atoms with van der Waals surface area (Å²) in [4.78, 5) is 20.8. The van der Waals surface area contributed by atoms with E-state index in [0.717, 1.165) is 37.9 Å². The first kappa shape index (κ1) is 17.3. The second-order valence-electron chi connectivity index (χ2n) is 5.68. The molecule has 2 aromatic rings. The molecule has 0 atom stereocenters. The Bertz CT molecular complexity index is 676. The molecule has 0 saturated carbocycles. The summed E-state index contributed by atoms with van der Waals surface area (Å²) in [7, 11) is 1.74. The zero-order chi connectivity index (χ0) is 17.5. The van der Waals surface area contributed by atoms with Gasteiger partial charge < -0.3 is 24.9 Å². The Morgan fingerprint density at radius 3 is 2.72 bits per heavy atom. The zero-order valence-electron chi connectivity index (χ0n) is 14.3. The normalized spacial score (nSPS) is 15.3. The number of guanidine groups is 1. The summed E-state index contributed by atoms with van der Waals surface area (Å²) in [6.07, 6.45) is 1.59. The highest BCUT2D eigenvalue weighted by atomic mass is 32.1. The average molecular weight is 361 g/mol. The van der Waals surface area contributed by atoms with E-state index in [4.69, 9.17) is 4.42 Å². The molecule has 0 aliphatic carbocycles. The second kappa shape index (κ2) is 8.57.